The Kier molecular flexibility index (Phi) is 12.1. The number of ether oxygens (including phenoxy) is 1. The summed E-state index contributed by atoms with van der Waals surface area (Å²) in [6, 6.07) is 2.47. The molecule has 4 aromatic heterocycles. The van der Waals surface area contributed by atoms with Crippen molar-refractivity contribution in [1.82, 2.24) is 29.1 Å². The number of aliphatic hydroxyl groups excluding tert-OH is 2. The standard InChI is InChI=1S/C22H28N8O20P4/c23-5-1-2-10-6-29(22(35)28-18(10)33)20-16(32)15(31)12(47-20)8-45-52(38,39)49-54(42,43)50-53(40,41)48-51(36,37)44-7-11-3-4-13(46-11)30-9-25-14-17(30)26-21(24)27-19(14)34/h1-4,6,9,12,15-16,20,31-32H,5,7-8,23H2,(H,36,37)(H,38,39)(H,40,41)(H,42,43)(H,28,33,35)(H3,24,26,27,34)/b2-1+/t12-,15?,16+,20-/m0/s1. The van der Waals surface area contributed by atoms with E-state index in [4.69, 9.17) is 20.6 Å². The first kappa shape index (κ1) is 41.4. The number of nitrogens with one attached hydrogen (secondary N) is 2. The van der Waals surface area contributed by atoms with Gasteiger partial charge in [0.25, 0.3) is 11.1 Å². The molecule has 1 fully saturated rings. The van der Waals surface area contributed by atoms with Gasteiger partial charge in [0.1, 0.15) is 37.0 Å². The van der Waals surface area contributed by atoms with Crippen molar-refractivity contribution >= 4 is 54.5 Å². The number of fused-ring (bicyclic) bond motifs is 1. The zero-order chi connectivity index (χ0) is 39.8. The molecule has 0 spiro atoms. The third kappa shape index (κ3) is 9.91. The molecule has 0 amide bonds. The van der Waals surface area contributed by atoms with Crippen LogP contribution in [0.3, 0.4) is 0 Å². The Labute approximate surface area is 297 Å². The van der Waals surface area contributed by atoms with Gasteiger partial charge in [0.05, 0.1) is 12.2 Å². The number of aromatic amines is 2. The van der Waals surface area contributed by atoms with Crippen LogP contribution in [0.15, 0.2) is 49.5 Å². The number of nitrogens with zero attached hydrogens (tertiary/aromatic N) is 4. The molecule has 54 heavy (non-hydrogen) atoms. The quantitative estimate of drug-likeness (QED) is 0.0568. The molecule has 28 nitrogen and oxygen atoms in total. The summed E-state index contributed by atoms with van der Waals surface area (Å²) in [7, 11) is -23.9. The molecule has 1 saturated heterocycles. The molecule has 4 aromatic rings. The molecular weight excluding hydrogens is 820 g/mol. The van der Waals surface area contributed by atoms with Crippen LogP contribution >= 0.6 is 31.3 Å². The third-order valence-electron chi connectivity index (χ3n) is 6.74. The molecule has 0 saturated carbocycles. The Bertz CT molecular complexity index is 2440. The Hall–Kier alpha value is -3.75. The van der Waals surface area contributed by atoms with Crippen LogP contribution in [-0.2, 0) is 51.6 Å². The van der Waals surface area contributed by atoms with Crippen LogP contribution in [-0.4, -0.2) is 90.3 Å². The number of hydrogen-bond acceptors (Lipinski definition) is 20. The van der Waals surface area contributed by atoms with E-state index in [1.165, 1.54) is 28.9 Å². The summed E-state index contributed by atoms with van der Waals surface area (Å²) in [6.07, 6.45) is -2.60. The van der Waals surface area contributed by atoms with Gasteiger partial charge in [-0.15, -0.1) is 0 Å². The van der Waals surface area contributed by atoms with E-state index in [0.717, 1.165) is 12.5 Å². The summed E-state index contributed by atoms with van der Waals surface area (Å²) in [4.78, 5) is 87.8. The van der Waals surface area contributed by atoms with Gasteiger partial charge in [-0.1, -0.05) is 12.2 Å². The van der Waals surface area contributed by atoms with Crippen molar-refractivity contribution in [3.8, 4) is 5.88 Å². The predicted octanol–water partition coefficient (Wildman–Crippen LogP) is -1.59. The van der Waals surface area contributed by atoms with Crippen molar-refractivity contribution in [2.24, 2.45) is 5.73 Å². The van der Waals surface area contributed by atoms with Crippen LogP contribution in [0.1, 0.15) is 17.6 Å². The number of aliphatic hydroxyl groups is 2. The Morgan fingerprint density at radius 1 is 0.907 bits per heavy atom. The van der Waals surface area contributed by atoms with E-state index in [0.29, 0.717) is 4.57 Å². The highest BCUT2D eigenvalue weighted by atomic mass is 31.3. The second kappa shape index (κ2) is 15.8. The topological polar surface area (TPSA) is 429 Å². The average Bonchev–Trinajstić information content (AvgIpc) is 3.75. The van der Waals surface area contributed by atoms with Gasteiger partial charge in [0.2, 0.25) is 11.8 Å². The summed E-state index contributed by atoms with van der Waals surface area (Å²) in [6.45, 7) is -2.13. The number of hydrogen-bond donors (Lipinski definition) is 10. The minimum atomic E-state index is -6.20. The molecule has 8 atom stereocenters. The third-order valence-corrected chi connectivity index (χ3v) is 12.6. The fourth-order valence-electron chi connectivity index (χ4n) is 4.54. The number of imidazole rings is 1. The largest absolute Gasteiger partial charge is 0.490 e. The van der Waals surface area contributed by atoms with Gasteiger partial charge in [-0.25, -0.2) is 28.0 Å². The van der Waals surface area contributed by atoms with Crippen LogP contribution in [0, 0.1) is 0 Å². The number of phosphoric acid groups is 4. The van der Waals surface area contributed by atoms with Crippen LogP contribution in [0.4, 0.5) is 5.95 Å². The highest BCUT2D eigenvalue weighted by molar-refractivity contribution is 7.69. The van der Waals surface area contributed by atoms with Crippen molar-refractivity contribution < 1.29 is 79.2 Å². The molecule has 1 aliphatic rings. The van der Waals surface area contributed by atoms with E-state index in [9.17, 15) is 62.4 Å². The average molecular weight is 848 g/mol. The molecule has 5 rings (SSSR count). The molecule has 32 heteroatoms. The fourth-order valence-corrected chi connectivity index (χ4v) is 9.45. The molecule has 0 bridgehead atoms. The van der Waals surface area contributed by atoms with Gasteiger partial charge in [-0.2, -0.15) is 17.9 Å². The minimum Gasteiger partial charge on any atom is -0.442 e. The number of furan rings is 1. The first-order valence-corrected chi connectivity index (χ1v) is 20.4. The fraction of sp³-hybridized carbons (Fsp3) is 0.318. The van der Waals surface area contributed by atoms with E-state index in [1.54, 1.807) is 0 Å². The number of nitrogens with two attached hydrogens (primary N) is 2. The molecular formula is C22H28N8O20P4. The second-order valence-electron chi connectivity index (χ2n) is 10.6. The summed E-state index contributed by atoms with van der Waals surface area (Å²) in [5.41, 5.74) is 8.07. The van der Waals surface area contributed by atoms with Crippen molar-refractivity contribution in [3.05, 3.63) is 73.2 Å². The minimum absolute atomic E-state index is 0.0235. The lowest BCUT2D eigenvalue weighted by atomic mass is 10.1. The molecule has 5 unspecified atom stereocenters. The lowest BCUT2D eigenvalue weighted by molar-refractivity contribution is -0.0542. The number of H-pyrrole nitrogens is 2. The smallest absolute Gasteiger partial charge is 0.442 e. The lowest BCUT2D eigenvalue weighted by Gasteiger charge is -2.20. The zero-order valence-electron chi connectivity index (χ0n) is 26.5. The van der Waals surface area contributed by atoms with Crippen molar-refractivity contribution in [2.75, 3.05) is 18.9 Å². The molecule has 0 aromatic carbocycles. The number of nitrogen functional groups attached to an aromatic ring is 1. The number of rotatable bonds is 16. The SMILES string of the molecule is NC/C=C/c1cn([C@H]2O[C@@H](COP(=O)(O)OP(=O)(O)OP(=O)(O)OP(=O)(O)OCc3ccc(-n4cnc5c(=O)[nH]c(N)nc54)o3)C(O)[C@H]2O)c(=O)[nH]c1=O. The zero-order valence-corrected chi connectivity index (χ0v) is 30.1. The second-order valence-corrected chi connectivity index (χ2v) is 16.8. The first-order chi connectivity index (χ1) is 25.1. The van der Waals surface area contributed by atoms with Crippen molar-refractivity contribution in [2.45, 2.75) is 31.1 Å². The Morgan fingerprint density at radius 3 is 2.22 bits per heavy atom. The van der Waals surface area contributed by atoms with Gasteiger partial charge in [-0.05, 0) is 6.07 Å². The van der Waals surface area contributed by atoms with Gasteiger partial charge >= 0.3 is 37.0 Å². The van der Waals surface area contributed by atoms with Crippen LogP contribution < -0.4 is 28.3 Å². The molecule has 12 N–H and O–H groups in total. The molecule has 5 heterocycles. The number of phosphoric ester groups is 2. The molecule has 0 aliphatic carbocycles. The Morgan fingerprint density at radius 2 is 1.56 bits per heavy atom. The summed E-state index contributed by atoms with van der Waals surface area (Å²) < 4.78 is 82.5. The van der Waals surface area contributed by atoms with Gasteiger partial charge in [0.15, 0.2) is 17.4 Å². The van der Waals surface area contributed by atoms with Gasteiger partial charge in [-0.3, -0.25) is 37.7 Å². The highest BCUT2D eigenvalue weighted by Gasteiger charge is 2.48. The number of anilines is 1. The number of aromatic nitrogens is 6. The Balaban J connectivity index is 1.16. The van der Waals surface area contributed by atoms with E-state index in [-0.39, 0.29) is 40.9 Å². The van der Waals surface area contributed by atoms with Gasteiger partial charge < -0.3 is 50.4 Å². The van der Waals surface area contributed by atoms with Crippen LogP contribution in [0.25, 0.3) is 23.1 Å². The maximum absolute atomic E-state index is 12.4. The van der Waals surface area contributed by atoms with Crippen LogP contribution in [0.2, 0.25) is 0 Å². The van der Waals surface area contributed by atoms with E-state index < -0.39 is 85.9 Å². The van der Waals surface area contributed by atoms with Crippen molar-refractivity contribution in [3.63, 3.8) is 0 Å². The van der Waals surface area contributed by atoms with Crippen molar-refractivity contribution in [1.29, 1.82) is 0 Å². The molecule has 0 radical (unpaired) electrons. The van der Waals surface area contributed by atoms with E-state index in [1.807, 2.05) is 4.98 Å². The first-order valence-electron chi connectivity index (χ1n) is 14.4. The van der Waals surface area contributed by atoms with E-state index in [2.05, 4.69) is 36.9 Å². The summed E-state index contributed by atoms with van der Waals surface area (Å²) >= 11 is 0. The highest BCUT2D eigenvalue weighted by Crippen LogP contribution is 2.71. The summed E-state index contributed by atoms with van der Waals surface area (Å²) in [5.74, 6) is -0.516. The monoisotopic (exact) mass is 848 g/mol. The van der Waals surface area contributed by atoms with Crippen LogP contribution in [0.5, 0.6) is 0 Å². The normalized spacial score (nSPS) is 23.6. The van der Waals surface area contributed by atoms with Gasteiger partial charge in [0, 0.05) is 18.8 Å². The lowest BCUT2D eigenvalue weighted by Crippen LogP contribution is -2.38. The maximum Gasteiger partial charge on any atom is 0.490 e. The molecule has 1 aliphatic heterocycles. The molecule has 296 valence electrons. The summed E-state index contributed by atoms with van der Waals surface area (Å²) in [5, 5.41) is 20.8. The predicted molar refractivity (Wildman–Crippen MR) is 175 cm³/mol. The van der Waals surface area contributed by atoms with E-state index >= 15 is 0 Å². The maximum atomic E-state index is 12.4.